The Morgan fingerprint density at radius 2 is 1.80 bits per heavy atom. The highest BCUT2D eigenvalue weighted by atomic mass is 32.1. The molecule has 108 valence electrons. The van der Waals surface area contributed by atoms with E-state index in [4.69, 9.17) is 12.2 Å². The first-order valence-corrected chi connectivity index (χ1v) is 7.44. The fraction of sp³-hybridized carbons (Fsp3) is 0.467. The molecule has 0 spiro atoms. The molecule has 5 heteroatoms. The van der Waals surface area contributed by atoms with Crippen LogP contribution in [0, 0.1) is 5.92 Å². The summed E-state index contributed by atoms with van der Waals surface area (Å²) >= 11 is 5.12. The van der Waals surface area contributed by atoms with Crippen molar-refractivity contribution >= 4 is 34.6 Å². The van der Waals surface area contributed by atoms with Crippen molar-refractivity contribution in [1.29, 1.82) is 0 Å². The first-order valence-electron chi connectivity index (χ1n) is 7.03. The zero-order valence-corrected chi connectivity index (χ0v) is 12.8. The highest BCUT2D eigenvalue weighted by Gasteiger charge is 2.12. The van der Waals surface area contributed by atoms with Crippen molar-refractivity contribution in [1.82, 2.24) is 5.32 Å². The maximum Gasteiger partial charge on any atom is 0.228 e. The minimum Gasteiger partial charge on any atom is -0.372 e. The second-order valence-electron chi connectivity index (χ2n) is 5.34. The number of rotatable bonds is 3. The van der Waals surface area contributed by atoms with Gasteiger partial charge in [0.2, 0.25) is 5.91 Å². The fourth-order valence-corrected chi connectivity index (χ4v) is 2.37. The molecule has 1 fully saturated rings. The number of anilines is 2. The summed E-state index contributed by atoms with van der Waals surface area (Å²) in [5, 5.41) is 6.04. The molecule has 1 aliphatic heterocycles. The minimum atomic E-state index is -0.0766. The molecule has 0 bridgehead atoms. The number of carbonyl (C=O) groups excluding carboxylic acids is 1. The molecule has 1 amide bonds. The van der Waals surface area contributed by atoms with Gasteiger partial charge >= 0.3 is 0 Å². The molecule has 20 heavy (non-hydrogen) atoms. The molecule has 0 radical (unpaired) electrons. The number of carbonyl (C=O) groups is 1. The van der Waals surface area contributed by atoms with E-state index >= 15 is 0 Å². The SMILES string of the molecule is CC(C)C(=O)NC(=S)Nc1ccc(N2CCCC2)cc1. The summed E-state index contributed by atoms with van der Waals surface area (Å²) in [4.78, 5) is 13.9. The van der Waals surface area contributed by atoms with E-state index < -0.39 is 0 Å². The van der Waals surface area contributed by atoms with Crippen LogP contribution >= 0.6 is 12.2 Å². The third kappa shape index (κ3) is 3.93. The van der Waals surface area contributed by atoms with Crippen LogP contribution < -0.4 is 15.5 Å². The van der Waals surface area contributed by atoms with Crippen LogP contribution in [-0.4, -0.2) is 24.1 Å². The highest BCUT2D eigenvalue weighted by molar-refractivity contribution is 7.80. The van der Waals surface area contributed by atoms with Gasteiger partial charge in [0.1, 0.15) is 0 Å². The van der Waals surface area contributed by atoms with E-state index in [1.54, 1.807) is 0 Å². The van der Waals surface area contributed by atoms with Crippen molar-refractivity contribution in [3.05, 3.63) is 24.3 Å². The van der Waals surface area contributed by atoms with Crippen molar-refractivity contribution in [2.24, 2.45) is 5.92 Å². The summed E-state index contributed by atoms with van der Waals surface area (Å²) in [6.45, 7) is 5.94. The van der Waals surface area contributed by atoms with E-state index in [-0.39, 0.29) is 11.8 Å². The highest BCUT2D eigenvalue weighted by Crippen LogP contribution is 2.21. The van der Waals surface area contributed by atoms with Gasteiger partial charge in [-0.2, -0.15) is 0 Å². The molecule has 0 saturated carbocycles. The Kier molecular flexibility index (Phi) is 4.95. The number of amides is 1. The lowest BCUT2D eigenvalue weighted by atomic mass is 10.2. The Balaban J connectivity index is 1.90. The largest absolute Gasteiger partial charge is 0.372 e. The summed E-state index contributed by atoms with van der Waals surface area (Å²) in [7, 11) is 0. The predicted molar refractivity (Wildman–Crippen MR) is 87.1 cm³/mol. The molecule has 1 aromatic rings. The van der Waals surface area contributed by atoms with Gasteiger partial charge in [-0.3, -0.25) is 4.79 Å². The zero-order chi connectivity index (χ0) is 14.5. The Morgan fingerprint density at radius 1 is 1.20 bits per heavy atom. The lowest BCUT2D eigenvalue weighted by Crippen LogP contribution is -2.36. The predicted octanol–water partition coefficient (Wildman–Crippen LogP) is 2.76. The molecular weight excluding hydrogens is 270 g/mol. The van der Waals surface area contributed by atoms with Gasteiger partial charge in [0.15, 0.2) is 5.11 Å². The van der Waals surface area contributed by atoms with Crippen LogP contribution in [0.4, 0.5) is 11.4 Å². The van der Waals surface area contributed by atoms with E-state index in [1.807, 2.05) is 26.0 Å². The number of hydrogen-bond acceptors (Lipinski definition) is 3. The van der Waals surface area contributed by atoms with Crippen LogP contribution in [0.2, 0.25) is 0 Å². The molecule has 2 rings (SSSR count). The lowest BCUT2D eigenvalue weighted by Gasteiger charge is -2.18. The van der Waals surface area contributed by atoms with Gasteiger partial charge in [0.05, 0.1) is 0 Å². The zero-order valence-electron chi connectivity index (χ0n) is 12.0. The average Bonchev–Trinajstić information content (AvgIpc) is 2.93. The molecule has 1 aliphatic rings. The van der Waals surface area contributed by atoms with Crippen molar-refractivity contribution in [3.63, 3.8) is 0 Å². The van der Waals surface area contributed by atoms with Crippen molar-refractivity contribution in [3.8, 4) is 0 Å². The van der Waals surface area contributed by atoms with Gasteiger partial charge in [-0.05, 0) is 49.3 Å². The Bertz CT molecular complexity index is 478. The van der Waals surface area contributed by atoms with Gasteiger partial charge in [-0.15, -0.1) is 0 Å². The van der Waals surface area contributed by atoms with E-state index in [1.165, 1.54) is 18.5 Å². The average molecular weight is 291 g/mol. The van der Waals surface area contributed by atoms with E-state index in [0.29, 0.717) is 5.11 Å². The second kappa shape index (κ2) is 6.70. The van der Waals surface area contributed by atoms with Crippen molar-refractivity contribution in [2.75, 3.05) is 23.3 Å². The topological polar surface area (TPSA) is 44.4 Å². The smallest absolute Gasteiger partial charge is 0.228 e. The van der Waals surface area contributed by atoms with Crippen LogP contribution in [0.5, 0.6) is 0 Å². The maximum atomic E-state index is 11.5. The Hall–Kier alpha value is -1.62. The van der Waals surface area contributed by atoms with Gasteiger partial charge in [0, 0.05) is 30.4 Å². The standard InChI is InChI=1S/C15H21N3OS/c1-11(2)14(19)17-15(20)16-12-5-7-13(8-6-12)18-9-3-4-10-18/h5-8,11H,3-4,9-10H2,1-2H3,(H2,16,17,19,20). The van der Waals surface area contributed by atoms with Crippen LogP contribution in [0.15, 0.2) is 24.3 Å². The number of nitrogens with zero attached hydrogens (tertiary/aromatic N) is 1. The maximum absolute atomic E-state index is 11.5. The molecule has 1 aromatic carbocycles. The number of nitrogens with one attached hydrogen (secondary N) is 2. The molecule has 1 saturated heterocycles. The summed E-state index contributed by atoms with van der Waals surface area (Å²) in [6, 6.07) is 8.14. The molecule has 0 unspecified atom stereocenters. The lowest BCUT2D eigenvalue weighted by molar-refractivity contribution is -0.122. The van der Waals surface area contributed by atoms with Gasteiger partial charge < -0.3 is 15.5 Å². The first-order chi connectivity index (χ1) is 9.56. The molecule has 4 nitrogen and oxygen atoms in total. The summed E-state index contributed by atoms with van der Waals surface area (Å²) in [5.74, 6) is -0.150. The number of benzene rings is 1. The monoisotopic (exact) mass is 291 g/mol. The van der Waals surface area contributed by atoms with Crippen LogP contribution in [0.1, 0.15) is 26.7 Å². The van der Waals surface area contributed by atoms with Crippen LogP contribution in [0.25, 0.3) is 0 Å². The van der Waals surface area contributed by atoms with Gasteiger partial charge in [-0.25, -0.2) is 0 Å². The summed E-state index contributed by atoms with van der Waals surface area (Å²) in [6.07, 6.45) is 2.54. The minimum absolute atomic E-state index is 0.0730. The van der Waals surface area contributed by atoms with Crippen molar-refractivity contribution < 1.29 is 4.79 Å². The fourth-order valence-electron chi connectivity index (χ4n) is 2.15. The Labute approximate surface area is 125 Å². The molecule has 0 aromatic heterocycles. The molecule has 0 atom stereocenters. The number of thiocarbonyl (C=S) groups is 1. The summed E-state index contributed by atoms with van der Waals surface area (Å²) < 4.78 is 0. The quantitative estimate of drug-likeness (QED) is 0.841. The van der Waals surface area contributed by atoms with Crippen molar-refractivity contribution in [2.45, 2.75) is 26.7 Å². The molecule has 1 heterocycles. The number of hydrogen-bond donors (Lipinski definition) is 2. The van der Waals surface area contributed by atoms with Crippen LogP contribution in [-0.2, 0) is 4.79 Å². The van der Waals surface area contributed by atoms with E-state index in [0.717, 1.165) is 18.8 Å². The third-order valence-corrected chi connectivity index (χ3v) is 3.56. The molecule has 0 aliphatic carbocycles. The molecule has 2 N–H and O–H groups in total. The van der Waals surface area contributed by atoms with E-state index in [2.05, 4.69) is 27.7 Å². The third-order valence-electron chi connectivity index (χ3n) is 3.36. The van der Waals surface area contributed by atoms with E-state index in [9.17, 15) is 4.79 Å². The van der Waals surface area contributed by atoms with Gasteiger partial charge in [-0.1, -0.05) is 13.8 Å². The van der Waals surface area contributed by atoms with Crippen LogP contribution in [0.3, 0.4) is 0 Å². The Morgan fingerprint density at radius 3 is 2.35 bits per heavy atom. The first kappa shape index (κ1) is 14.8. The molecular formula is C15H21N3OS. The van der Waals surface area contributed by atoms with Gasteiger partial charge in [0.25, 0.3) is 0 Å². The second-order valence-corrected chi connectivity index (χ2v) is 5.75. The summed E-state index contributed by atoms with van der Waals surface area (Å²) in [5.41, 5.74) is 2.13. The normalized spacial score (nSPS) is 14.4.